The Kier molecular flexibility index (Phi) is 1.39. The summed E-state index contributed by atoms with van der Waals surface area (Å²) in [6.45, 7) is 1.82. The third-order valence-electron chi connectivity index (χ3n) is 1.42. The molecule has 1 aliphatic carbocycles. The van der Waals surface area contributed by atoms with Gasteiger partial charge in [-0.05, 0) is 6.92 Å². The Morgan fingerprint density at radius 1 is 1.78 bits per heavy atom. The summed E-state index contributed by atoms with van der Waals surface area (Å²) in [6.07, 6.45) is 5.27. The van der Waals surface area contributed by atoms with Crippen molar-refractivity contribution >= 4 is 5.97 Å². The van der Waals surface area contributed by atoms with Gasteiger partial charge in [0.05, 0.1) is 5.92 Å². The summed E-state index contributed by atoms with van der Waals surface area (Å²) in [5, 5.41) is 8.49. The van der Waals surface area contributed by atoms with Crippen LogP contribution in [-0.4, -0.2) is 11.1 Å². The molecule has 0 bridgehead atoms. The van der Waals surface area contributed by atoms with Crippen molar-refractivity contribution in [2.24, 2.45) is 5.92 Å². The Balaban J connectivity index is 2.74. The number of carboxylic acid groups (broad SMARTS) is 1. The fourth-order valence-corrected chi connectivity index (χ4v) is 0.851. The summed E-state index contributed by atoms with van der Waals surface area (Å²) < 4.78 is 0. The number of carboxylic acids is 1. The van der Waals surface area contributed by atoms with Crippen LogP contribution in [0.3, 0.4) is 0 Å². The fraction of sp³-hybridized carbons (Fsp3) is 0.286. The summed E-state index contributed by atoms with van der Waals surface area (Å²) in [6, 6.07) is 0. The highest BCUT2D eigenvalue weighted by atomic mass is 16.4. The minimum Gasteiger partial charge on any atom is -0.481 e. The predicted molar refractivity (Wildman–Crippen MR) is 34.0 cm³/mol. The van der Waals surface area contributed by atoms with Crippen molar-refractivity contribution in [3.05, 3.63) is 23.8 Å². The zero-order valence-electron chi connectivity index (χ0n) is 5.16. The standard InChI is InChI=1S/C7H8O2/c1-5-3-2-4-6(5)7(8)9/h2-4,6H,1H3,(H,8,9). The van der Waals surface area contributed by atoms with Gasteiger partial charge in [0.1, 0.15) is 0 Å². The van der Waals surface area contributed by atoms with Gasteiger partial charge in [-0.15, -0.1) is 0 Å². The molecule has 0 saturated heterocycles. The summed E-state index contributed by atoms with van der Waals surface area (Å²) in [5.41, 5.74) is 0.905. The topological polar surface area (TPSA) is 37.3 Å². The lowest BCUT2D eigenvalue weighted by Crippen LogP contribution is -2.09. The van der Waals surface area contributed by atoms with Crippen LogP contribution >= 0.6 is 0 Å². The fourth-order valence-electron chi connectivity index (χ4n) is 0.851. The van der Waals surface area contributed by atoms with E-state index in [2.05, 4.69) is 0 Å². The van der Waals surface area contributed by atoms with Gasteiger partial charge in [-0.3, -0.25) is 4.79 Å². The van der Waals surface area contributed by atoms with E-state index in [0.29, 0.717) is 0 Å². The van der Waals surface area contributed by atoms with Crippen LogP contribution < -0.4 is 0 Å². The molecule has 0 fully saturated rings. The molecule has 1 atom stereocenters. The van der Waals surface area contributed by atoms with E-state index in [4.69, 9.17) is 5.11 Å². The molecule has 1 aliphatic rings. The zero-order chi connectivity index (χ0) is 6.85. The van der Waals surface area contributed by atoms with E-state index < -0.39 is 5.97 Å². The second-order valence-corrected chi connectivity index (χ2v) is 2.11. The number of carbonyl (C=O) groups is 1. The van der Waals surface area contributed by atoms with Crippen molar-refractivity contribution in [1.82, 2.24) is 0 Å². The van der Waals surface area contributed by atoms with Crippen LogP contribution in [0.25, 0.3) is 0 Å². The molecule has 48 valence electrons. The van der Waals surface area contributed by atoms with Gasteiger partial charge in [0, 0.05) is 0 Å². The van der Waals surface area contributed by atoms with Crippen LogP contribution in [0, 0.1) is 5.92 Å². The minimum atomic E-state index is -0.766. The molecule has 1 N–H and O–H groups in total. The van der Waals surface area contributed by atoms with Crippen molar-refractivity contribution in [2.45, 2.75) is 6.92 Å². The Hall–Kier alpha value is -1.05. The van der Waals surface area contributed by atoms with E-state index in [0.717, 1.165) is 5.57 Å². The van der Waals surface area contributed by atoms with Gasteiger partial charge in [-0.1, -0.05) is 23.8 Å². The van der Waals surface area contributed by atoms with Crippen LogP contribution in [0.5, 0.6) is 0 Å². The molecule has 1 rings (SSSR count). The number of rotatable bonds is 1. The highest BCUT2D eigenvalue weighted by Gasteiger charge is 2.17. The van der Waals surface area contributed by atoms with Gasteiger partial charge in [-0.25, -0.2) is 0 Å². The Bertz CT molecular complexity index is 189. The lowest BCUT2D eigenvalue weighted by Gasteiger charge is -2.00. The highest BCUT2D eigenvalue weighted by Crippen LogP contribution is 2.17. The molecule has 0 aromatic heterocycles. The van der Waals surface area contributed by atoms with Crippen molar-refractivity contribution in [3.8, 4) is 0 Å². The lowest BCUT2D eigenvalue weighted by atomic mass is 10.1. The van der Waals surface area contributed by atoms with Gasteiger partial charge < -0.3 is 5.11 Å². The molecule has 2 nitrogen and oxygen atoms in total. The first-order valence-corrected chi connectivity index (χ1v) is 2.79. The van der Waals surface area contributed by atoms with Crippen molar-refractivity contribution < 1.29 is 9.90 Å². The van der Waals surface area contributed by atoms with Crippen LogP contribution in [0.1, 0.15) is 6.92 Å². The van der Waals surface area contributed by atoms with Crippen molar-refractivity contribution in [1.29, 1.82) is 0 Å². The van der Waals surface area contributed by atoms with Gasteiger partial charge in [0.2, 0.25) is 0 Å². The van der Waals surface area contributed by atoms with Crippen molar-refractivity contribution in [2.75, 3.05) is 0 Å². The average molecular weight is 124 g/mol. The second-order valence-electron chi connectivity index (χ2n) is 2.11. The number of aliphatic carboxylic acids is 1. The molecule has 0 aliphatic heterocycles. The Labute approximate surface area is 53.5 Å². The molecule has 0 amide bonds. The molecular weight excluding hydrogens is 116 g/mol. The third-order valence-corrected chi connectivity index (χ3v) is 1.42. The maximum absolute atomic E-state index is 10.3. The SMILES string of the molecule is CC1=CC=CC1C(=O)O. The van der Waals surface area contributed by atoms with E-state index >= 15 is 0 Å². The maximum atomic E-state index is 10.3. The van der Waals surface area contributed by atoms with E-state index in [9.17, 15) is 4.79 Å². The van der Waals surface area contributed by atoms with Crippen LogP contribution in [0.4, 0.5) is 0 Å². The van der Waals surface area contributed by atoms with Gasteiger partial charge >= 0.3 is 5.97 Å². The number of allylic oxidation sites excluding steroid dienone is 2. The summed E-state index contributed by atoms with van der Waals surface area (Å²) in [5.74, 6) is -1.14. The maximum Gasteiger partial charge on any atom is 0.314 e. The normalized spacial score (nSPS) is 24.1. The smallest absolute Gasteiger partial charge is 0.314 e. The number of hydrogen-bond donors (Lipinski definition) is 1. The number of hydrogen-bond acceptors (Lipinski definition) is 1. The first kappa shape index (κ1) is 6.08. The zero-order valence-corrected chi connectivity index (χ0v) is 5.16. The molecule has 0 radical (unpaired) electrons. The van der Waals surface area contributed by atoms with Gasteiger partial charge in [-0.2, -0.15) is 0 Å². The average Bonchev–Trinajstić information content (AvgIpc) is 2.13. The van der Waals surface area contributed by atoms with E-state index in [-0.39, 0.29) is 5.92 Å². The largest absolute Gasteiger partial charge is 0.481 e. The molecule has 0 aromatic carbocycles. The van der Waals surface area contributed by atoms with Crippen LogP contribution in [0.2, 0.25) is 0 Å². The van der Waals surface area contributed by atoms with Crippen molar-refractivity contribution in [3.63, 3.8) is 0 Å². The molecule has 1 unspecified atom stereocenters. The van der Waals surface area contributed by atoms with Crippen LogP contribution in [-0.2, 0) is 4.79 Å². The second kappa shape index (κ2) is 2.05. The monoisotopic (exact) mass is 124 g/mol. The lowest BCUT2D eigenvalue weighted by molar-refractivity contribution is -0.138. The summed E-state index contributed by atoms with van der Waals surface area (Å²) in [4.78, 5) is 10.3. The van der Waals surface area contributed by atoms with Gasteiger partial charge in [0.25, 0.3) is 0 Å². The molecular formula is C7H8O2. The summed E-state index contributed by atoms with van der Waals surface area (Å²) in [7, 11) is 0. The Morgan fingerprint density at radius 3 is 2.67 bits per heavy atom. The first-order valence-electron chi connectivity index (χ1n) is 2.79. The molecule has 2 heteroatoms. The highest BCUT2D eigenvalue weighted by molar-refractivity contribution is 5.77. The van der Waals surface area contributed by atoms with E-state index in [1.165, 1.54) is 0 Å². The first-order chi connectivity index (χ1) is 4.22. The van der Waals surface area contributed by atoms with E-state index in [1.54, 1.807) is 12.2 Å². The molecule has 0 aromatic rings. The van der Waals surface area contributed by atoms with E-state index in [1.807, 2.05) is 13.0 Å². The van der Waals surface area contributed by atoms with Crippen LogP contribution in [0.15, 0.2) is 23.8 Å². The van der Waals surface area contributed by atoms with Gasteiger partial charge in [0.15, 0.2) is 0 Å². The molecule has 0 saturated carbocycles. The molecule has 0 heterocycles. The Morgan fingerprint density at radius 2 is 2.44 bits per heavy atom. The molecule has 9 heavy (non-hydrogen) atoms. The predicted octanol–water partition coefficient (Wildman–Crippen LogP) is 1.20. The third kappa shape index (κ3) is 1.02. The molecule has 0 spiro atoms. The quantitative estimate of drug-likeness (QED) is 0.570. The summed E-state index contributed by atoms with van der Waals surface area (Å²) >= 11 is 0. The minimum absolute atomic E-state index is 0.370.